The van der Waals surface area contributed by atoms with Crippen LogP contribution in [0.1, 0.15) is 24.2 Å². The van der Waals surface area contributed by atoms with Crippen LogP contribution in [0, 0.1) is 11.3 Å². The van der Waals surface area contributed by atoms with E-state index in [4.69, 9.17) is 9.15 Å². The summed E-state index contributed by atoms with van der Waals surface area (Å²) in [4.78, 5) is 12.1. The Balaban J connectivity index is 1.73. The summed E-state index contributed by atoms with van der Waals surface area (Å²) < 4.78 is 49.5. The molecule has 0 bridgehead atoms. The second-order valence-corrected chi connectivity index (χ2v) is 6.30. The molecule has 0 radical (unpaired) electrons. The number of rotatable bonds is 5. The molecule has 1 aliphatic heterocycles. The first-order chi connectivity index (χ1) is 13.4. The number of furan rings is 1. The fraction of sp³-hybridized carbons (Fsp3) is 0.300. The molecule has 5 nitrogen and oxygen atoms in total. The van der Waals surface area contributed by atoms with Crippen LogP contribution in [-0.4, -0.2) is 25.2 Å². The second kappa shape index (κ2) is 8.31. The van der Waals surface area contributed by atoms with Gasteiger partial charge in [-0.2, -0.15) is 18.4 Å². The van der Waals surface area contributed by atoms with Crippen LogP contribution in [0.2, 0.25) is 0 Å². The van der Waals surface area contributed by atoms with Gasteiger partial charge in [-0.25, -0.2) is 0 Å². The molecule has 1 aromatic carbocycles. The summed E-state index contributed by atoms with van der Waals surface area (Å²) in [6, 6.07) is 9.50. The molecule has 1 aliphatic rings. The van der Waals surface area contributed by atoms with E-state index in [1.165, 1.54) is 30.3 Å². The standard InChI is InChI=1S/C20H17F3N2O3/c21-20(22,23)15-4-1-3-13(9-15)18-7-6-16(28-18)10-14(11-24)19(26)25-12-17-5-2-8-27-17/h1,3-4,6-7,9-10,17H,2,5,8,12H2,(H,25,26)/b14-10-. The van der Waals surface area contributed by atoms with Gasteiger partial charge in [0, 0.05) is 24.8 Å². The number of hydrogen-bond acceptors (Lipinski definition) is 4. The van der Waals surface area contributed by atoms with Gasteiger partial charge in [-0.05, 0) is 37.1 Å². The van der Waals surface area contributed by atoms with E-state index in [0.29, 0.717) is 13.2 Å². The highest BCUT2D eigenvalue weighted by Gasteiger charge is 2.30. The average molecular weight is 390 g/mol. The Labute approximate surface area is 159 Å². The Morgan fingerprint density at radius 2 is 2.14 bits per heavy atom. The van der Waals surface area contributed by atoms with E-state index < -0.39 is 17.6 Å². The number of halogens is 3. The number of amides is 1. The summed E-state index contributed by atoms with van der Waals surface area (Å²) in [6.07, 6.45) is -1.47. The molecule has 1 saturated heterocycles. The van der Waals surface area contributed by atoms with Crippen LogP contribution in [0.25, 0.3) is 17.4 Å². The average Bonchev–Trinajstić information content (AvgIpc) is 3.35. The quantitative estimate of drug-likeness (QED) is 0.614. The molecule has 1 unspecified atom stereocenters. The SMILES string of the molecule is N#C/C(=C/c1ccc(-c2cccc(C(F)(F)F)c2)o1)C(=O)NCC1CCCO1. The van der Waals surface area contributed by atoms with Crippen LogP contribution < -0.4 is 5.32 Å². The van der Waals surface area contributed by atoms with Crippen molar-refractivity contribution in [3.63, 3.8) is 0 Å². The third kappa shape index (κ3) is 4.81. The predicted molar refractivity (Wildman–Crippen MR) is 94.7 cm³/mol. The fourth-order valence-electron chi connectivity index (χ4n) is 2.83. The van der Waals surface area contributed by atoms with Crippen LogP contribution in [0.5, 0.6) is 0 Å². The van der Waals surface area contributed by atoms with Crippen LogP contribution in [-0.2, 0) is 15.7 Å². The van der Waals surface area contributed by atoms with Crippen molar-refractivity contribution in [3.8, 4) is 17.4 Å². The maximum atomic E-state index is 12.9. The van der Waals surface area contributed by atoms with Gasteiger partial charge in [-0.3, -0.25) is 4.79 Å². The molecule has 2 aromatic rings. The van der Waals surface area contributed by atoms with Crippen molar-refractivity contribution >= 4 is 12.0 Å². The van der Waals surface area contributed by atoms with E-state index in [1.54, 1.807) is 6.07 Å². The lowest BCUT2D eigenvalue weighted by molar-refractivity contribution is -0.137. The number of nitriles is 1. The van der Waals surface area contributed by atoms with Gasteiger partial charge in [0.2, 0.25) is 0 Å². The smallest absolute Gasteiger partial charge is 0.416 e. The molecule has 0 saturated carbocycles. The van der Waals surface area contributed by atoms with E-state index in [2.05, 4.69) is 5.32 Å². The lowest BCUT2D eigenvalue weighted by Gasteiger charge is -2.09. The number of nitrogens with one attached hydrogen (secondary N) is 1. The van der Waals surface area contributed by atoms with Crippen molar-refractivity contribution in [1.82, 2.24) is 5.32 Å². The van der Waals surface area contributed by atoms with Gasteiger partial charge in [-0.15, -0.1) is 0 Å². The van der Waals surface area contributed by atoms with Crippen molar-refractivity contribution in [2.75, 3.05) is 13.2 Å². The highest BCUT2D eigenvalue weighted by molar-refractivity contribution is 6.01. The van der Waals surface area contributed by atoms with Gasteiger partial charge in [0.1, 0.15) is 23.2 Å². The monoisotopic (exact) mass is 390 g/mol. The molecule has 28 heavy (non-hydrogen) atoms. The van der Waals surface area contributed by atoms with Gasteiger partial charge in [0.25, 0.3) is 5.91 Å². The van der Waals surface area contributed by atoms with Crippen LogP contribution in [0.3, 0.4) is 0 Å². The Kier molecular flexibility index (Phi) is 5.85. The Hall–Kier alpha value is -3.05. The Morgan fingerprint density at radius 1 is 1.32 bits per heavy atom. The molecule has 1 amide bonds. The third-order valence-electron chi connectivity index (χ3n) is 4.27. The van der Waals surface area contributed by atoms with Gasteiger partial charge in [0.05, 0.1) is 11.7 Å². The summed E-state index contributed by atoms with van der Waals surface area (Å²) in [7, 11) is 0. The maximum absolute atomic E-state index is 12.9. The first kappa shape index (κ1) is 19.7. The predicted octanol–water partition coefficient (Wildman–Crippen LogP) is 4.17. The normalized spacial score (nSPS) is 17.4. The van der Waals surface area contributed by atoms with E-state index in [9.17, 15) is 23.2 Å². The molecule has 0 spiro atoms. The molecule has 1 fully saturated rings. The van der Waals surface area contributed by atoms with E-state index in [0.717, 1.165) is 25.0 Å². The minimum absolute atomic E-state index is 0.0555. The molecule has 1 N–H and O–H groups in total. The summed E-state index contributed by atoms with van der Waals surface area (Å²) >= 11 is 0. The zero-order valence-corrected chi connectivity index (χ0v) is 14.8. The molecule has 2 heterocycles. The molecule has 3 rings (SSSR count). The first-order valence-corrected chi connectivity index (χ1v) is 8.66. The summed E-state index contributed by atoms with van der Waals surface area (Å²) in [6.45, 7) is 0.970. The molecule has 146 valence electrons. The lowest BCUT2D eigenvalue weighted by atomic mass is 10.1. The van der Waals surface area contributed by atoms with Gasteiger partial charge >= 0.3 is 6.18 Å². The van der Waals surface area contributed by atoms with Crippen molar-refractivity contribution in [2.45, 2.75) is 25.1 Å². The molecule has 0 aliphatic carbocycles. The minimum Gasteiger partial charge on any atom is -0.457 e. The van der Waals surface area contributed by atoms with Crippen molar-refractivity contribution in [3.05, 3.63) is 53.3 Å². The van der Waals surface area contributed by atoms with Crippen LogP contribution in [0.4, 0.5) is 13.2 Å². The molecule has 8 heteroatoms. The van der Waals surface area contributed by atoms with E-state index in [1.807, 2.05) is 0 Å². The van der Waals surface area contributed by atoms with Gasteiger partial charge in [0.15, 0.2) is 0 Å². The van der Waals surface area contributed by atoms with Crippen LogP contribution in [0.15, 0.2) is 46.4 Å². The number of hydrogen-bond donors (Lipinski definition) is 1. The van der Waals surface area contributed by atoms with Crippen molar-refractivity contribution in [2.24, 2.45) is 0 Å². The highest BCUT2D eigenvalue weighted by atomic mass is 19.4. The molecule has 1 atom stereocenters. The number of benzene rings is 1. The largest absolute Gasteiger partial charge is 0.457 e. The molecule has 1 aromatic heterocycles. The van der Waals surface area contributed by atoms with Crippen LogP contribution >= 0.6 is 0 Å². The number of carbonyl (C=O) groups is 1. The highest BCUT2D eigenvalue weighted by Crippen LogP contribution is 2.32. The zero-order chi connectivity index (χ0) is 20.1. The topological polar surface area (TPSA) is 75.3 Å². The lowest BCUT2D eigenvalue weighted by Crippen LogP contribution is -2.32. The summed E-state index contributed by atoms with van der Waals surface area (Å²) in [5.74, 6) is -0.166. The van der Waals surface area contributed by atoms with E-state index >= 15 is 0 Å². The van der Waals surface area contributed by atoms with Gasteiger partial charge in [-0.1, -0.05) is 12.1 Å². The second-order valence-electron chi connectivity index (χ2n) is 6.30. The van der Waals surface area contributed by atoms with Gasteiger partial charge < -0.3 is 14.5 Å². The number of carbonyl (C=O) groups excluding carboxylic acids is 1. The molecular weight excluding hydrogens is 373 g/mol. The van der Waals surface area contributed by atoms with E-state index in [-0.39, 0.29) is 28.8 Å². The minimum atomic E-state index is -4.46. The van der Waals surface area contributed by atoms with Crippen molar-refractivity contribution in [1.29, 1.82) is 5.26 Å². The number of alkyl halides is 3. The first-order valence-electron chi connectivity index (χ1n) is 8.66. The van der Waals surface area contributed by atoms with Crippen molar-refractivity contribution < 1.29 is 27.1 Å². The summed E-state index contributed by atoms with van der Waals surface area (Å²) in [5.41, 5.74) is -0.705. The summed E-state index contributed by atoms with van der Waals surface area (Å²) in [5, 5.41) is 11.9. The molecular formula is C20H17F3N2O3. The maximum Gasteiger partial charge on any atom is 0.416 e. The number of nitrogens with zero attached hydrogens (tertiary/aromatic N) is 1. The third-order valence-corrected chi connectivity index (χ3v) is 4.27. The zero-order valence-electron chi connectivity index (χ0n) is 14.8. The number of ether oxygens (including phenoxy) is 1. The Bertz CT molecular complexity index is 919. The fourth-order valence-corrected chi connectivity index (χ4v) is 2.83. The Morgan fingerprint density at radius 3 is 2.82 bits per heavy atom.